The molecule has 0 aromatic carbocycles. The minimum atomic E-state index is -0.170. The van der Waals surface area contributed by atoms with E-state index in [9.17, 15) is 0 Å². The molecular weight excluding hydrogens is 168 g/mol. The van der Waals surface area contributed by atoms with E-state index in [0.717, 1.165) is 0 Å². The van der Waals surface area contributed by atoms with Crippen LogP contribution in [-0.2, 0) is 14.2 Å². The van der Waals surface area contributed by atoms with Gasteiger partial charge in [0, 0.05) is 13.7 Å². The fourth-order valence-corrected chi connectivity index (χ4v) is 0.295. The van der Waals surface area contributed by atoms with Gasteiger partial charge in [-0.25, -0.2) is 0 Å². The van der Waals surface area contributed by atoms with Crippen molar-refractivity contribution in [2.75, 3.05) is 20.5 Å². The fraction of sp³-hybridized carbons (Fsp3) is 1.00. The maximum Gasteiger partial charge on any atom is 0.157 e. The van der Waals surface area contributed by atoms with E-state index in [1.165, 1.54) is 0 Å². The maximum atomic E-state index is 4.99. The SMILES string of the molecule is C.C.C.C.CCOCOC(C)OC. The van der Waals surface area contributed by atoms with Gasteiger partial charge in [0.2, 0.25) is 0 Å². The molecular formula is C10H30O3. The van der Waals surface area contributed by atoms with Crippen molar-refractivity contribution >= 4 is 0 Å². The van der Waals surface area contributed by atoms with E-state index >= 15 is 0 Å². The van der Waals surface area contributed by atoms with Gasteiger partial charge in [0.15, 0.2) is 6.29 Å². The Kier molecular flexibility index (Phi) is 51.0. The second kappa shape index (κ2) is 22.6. The molecule has 0 N–H and O–H groups in total. The van der Waals surface area contributed by atoms with Crippen LogP contribution in [-0.4, -0.2) is 26.8 Å². The number of methoxy groups -OCH3 is 1. The van der Waals surface area contributed by atoms with Crippen molar-refractivity contribution in [2.45, 2.75) is 49.8 Å². The van der Waals surface area contributed by atoms with Gasteiger partial charge in [0.05, 0.1) is 0 Å². The third-order valence-electron chi connectivity index (χ3n) is 0.922. The lowest BCUT2D eigenvalue weighted by Crippen LogP contribution is -2.12. The normalized spacial score (nSPS) is 9.46. The highest BCUT2D eigenvalue weighted by Gasteiger charge is 1.95. The lowest BCUT2D eigenvalue weighted by atomic mass is 10.8. The molecule has 1 unspecified atom stereocenters. The largest absolute Gasteiger partial charge is 0.356 e. The van der Waals surface area contributed by atoms with E-state index in [1.807, 2.05) is 13.8 Å². The molecule has 0 fully saturated rings. The number of hydrogen-bond donors (Lipinski definition) is 0. The molecule has 0 heterocycles. The zero-order valence-corrected chi connectivity index (χ0v) is 6.22. The third kappa shape index (κ3) is 24.5. The second-order valence-electron chi connectivity index (χ2n) is 1.58. The minimum Gasteiger partial charge on any atom is -0.356 e. The predicted molar refractivity (Wildman–Crippen MR) is 61.0 cm³/mol. The Morgan fingerprint density at radius 3 is 1.85 bits per heavy atom. The van der Waals surface area contributed by atoms with Crippen LogP contribution in [0.4, 0.5) is 0 Å². The predicted octanol–water partition coefficient (Wildman–Crippen LogP) is 3.53. The van der Waals surface area contributed by atoms with Crippen molar-refractivity contribution in [3.63, 3.8) is 0 Å². The smallest absolute Gasteiger partial charge is 0.157 e. The average Bonchev–Trinajstić information content (AvgIpc) is 1.89. The molecule has 0 amide bonds. The Hall–Kier alpha value is -0.120. The van der Waals surface area contributed by atoms with Crippen LogP contribution in [0.2, 0.25) is 0 Å². The van der Waals surface area contributed by atoms with Crippen molar-refractivity contribution in [3.8, 4) is 0 Å². The first-order chi connectivity index (χ1) is 4.31. The molecule has 0 aliphatic rings. The maximum absolute atomic E-state index is 4.99. The number of rotatable bonds is 5. The van der Waals surface area contributed by atoms with E-state index in [1.54, 1.807) is 7.11 Å². The van der Waals surface area contributed by atoms with E-state index in [0.29, 0.717) is 13.4 Å². The lowest BCUT2D eigenvalue weighted by molar-refractivity contribution is -0.172. The van der Waals surface area contributed by atoms with E-state index in [-0.39, 0.29) is 36.0 Å². The van der Waals surface area contributed by atoms with Crippen molar-refractivity contribution in [1.82, 2.24) is 0 Å². The molecule has 0 radical (unpaired) electrons. The van der Waals surface area contributed by atoms with Crippen LogP contribution in [0.15, 0.2) is 0 Å². The summed E-state index contributed by atoms with van der Waals surface area (Å²) in [5, 5.41) is 0. The van der Waals surface area contributed by atoms with Crippen LogP contribution in [0.5, 0.6) is 0 Å². The zero-order valence-electron chi connectivity index (χ0n) is 6.22. The van der Waals surface area contributed by atoms with Crippen molar-refractivity contribution in [3.05, 3.63) is 0 Å². The second-order valence-corrected chi connectivity index (χ2v) is 1.58. The lowest BCUT2D eigenvalue weighted by Gasteiger charge is -2.09. The summed E-state index contributed by atoms with van der Waals surface area (Å²) in [5.41, 5.74) is 0. The Labute approximate surface area is 85.4 Å². The summed E-state index contributed by atoms with van der Waals surface area (Å²) in [6, 6.07) is 0. The summed E-state index contributed by atoms with van der Waals surface area (Å²) >= 11 is 0. The molecule has 88 valence electrons. The van der Waals surface area contributed by atoms with Gasteiger partial charge in [0.1, 0.15) is 6.79 Å². The molecule has 0 bridgehead atoms. The first-order valence-corrected chi connectivity index (χ1v) is 3.03. The molecule has 0 rings (SSSR count). The van der Waals surface area contributed by atoms with Gasteiger partial charge < -0.3 is 14.2 Å². The molecule has 3 nitrogen and oxygen atoms in total. The molecule has 1 atom stereocenters. The average molecular weight is 198 g/mol. The molecule has 13 heavy (non-hydrogen) atoms. The zero-order chi connectivity index (χ0) is 7.11. The third-order valence-corrected chi connectivity index (χ3v) is 0.922. The van der Waals surface area contributed by atoms with Crippen LogP contribution in [0.3, 0.4) is 0 Å². The Morgan fingerprint density at radius 1 is 1.08 bits per heavy atom. The van der Waals surface area contributed by atoms with Gasteiger partial charge in [-0.3, -0.25) is 0 Å². The molecule has 0 saturated heterocycles. The summed E-state index contributed by atoms with van der Waals surface area (Å²) in [6.45, 7) is 4.72. The summed E-state index contributed by atoms with van der Waals surface area (Å²) in [4.78, 5) is 0. The molecule has 0 spiro atoms. The number of hydrogen-bond acceptors (Lipinski definition) is 3. The van der Waals surface area contributed by atoms with Crippen molar-refractivity contribution in [1.29, 1.82) is 0 Å². The van der Waals surface area contributed by atoms with Crippen LogP contribution in [0, 0.1) is 0 Å². The van der Waals surface area contributed by atoms with Gasteiger partial charge in [-0.1, -0.05) is 29.7 Å². The molecule has 0 aromatic rings. The molecule has 0 aliphatic heterocycles. The highest BCUT2D eigenvalue weighted by atomic mass is 16.7. The van der Waals surface area contributed by atoms with Crippen molar-refractivity contribution in [2.24, 2.45) is 0 Å². The van der Waals surface area contributed by atoms with Gasteiger partial charge in [-0.15, -0.1) is 0 Å². The first-order valence-electron chi connectivity index (χ1n) is 3.03. The highest BCUT2D eigenvalue weighted by Crippen LogP contribution is 1.89. The van der Waals surface area contributed by atoms with Gasteiger partial charge >= 0.3 is 0 Å². The summed E-state index contributed by atoms with van der Waals surface area (Å²) in [7, 11) is 1.59. The Bertz CT molecular complexity index is 58.1. The molecule has 0 saturated carbocycles. The Balaban J connectivity index is -0.0000000533. The van der Waals surface area contributed by atoms with E-state index in [4.69, 9.17) is 14.2 Å². The monoisotopic (exact) mass is 198 g/mol. The topological polar surface area (TPSA) is 27.7 Å². The summed E-state index contributed by atoms with van der Waals surface area (Å²) in [5.74, 6) is 0. The Morgan fingerprint density at radius 2 is 1.54 bits per heavy atom. The van der Waals surface area contributed by atoms with E-state index in [2.05, 4.69) is 0 Å². The van der Waals surface area contributed by atoms with Crippen LogP contribution >= 0.6 is 0 Å². The molecule has 0 aromatic heterocycles. The van der Waals surface area contributed by atoms with Gasteiger partial charge in [-0.05, 0) is 13.8 Å². The van der Waals surface area contributed by atoms with Gasteiger partial charge in [0.25, 0.3) is 0 Å². The standard InChI is InChI=1S/C6H14O3.4CH4/c1-4-8-5-9-6(2)7-3;;;;/h6H,4-5H2,1-3H3;4*1H4. The minimum absolute atomic E-state index is 0. The quantitative estimate of drug-likeness (QED) is 0.499. The number of ether oxygens (including phenoxy) is 3. The molecule has 0 aliphatic carbocycles. The van der Waals surface area contributed by atoms with Crippen LogP contribution < -0.4 is 0 Å². The fourth-order valence-electron chi connectivity index (χ4n) is 0.295. The summed E-state index contributed by atoms with van der Waals surface area (Å²) < 4.78 is 14.7. The highest BCUT2D eigenvalue weighted by molar-refractivity contribution is 4.21. The first kappa shape index (κ1) is 29.3. The van der Waals surface area contributed by atoms with Crippen LogP contribution in [0.1, 0.15) is 43.6 Å². The molecule has 3 heteroatoms. The van der Waals surface area contributed by atoms with E-state index < -0.39 is 0 Å². The van der Waals surface area contributed by atoms with Crippen LogP contribution in [0.25, 0.3) is 0 Å². The van der Waals surface area contributed by atoms with Gasteiger partial charge in [-0.2, -0.15) is 0 Å². The van der Waals surface area contributed by atoms with Crippen molar-refractivity contribution < 1.29 is 14.2 Å². The summed E-state index contributed by atoms with van der Waals surface area (Å²) in [6.07, 6.45) is -0.170.